The Hall–Kier alpha value is -1.57. The Labute approximate surface area is 117 Å². The first-order chi connectivity index (χ1) is 9.38. The summed E-state index contributed by atoms with van der Waals surface area (Å²) in [5, 5.41) is 2.10. The van der Waals surface area contributed by atoms with Gasteiger partial charge in [-0.2, -0.15) is 0 Å². The van der Waals surface area contributed by atoms with Crippen molar-refractivity contribution in [1.29, 1.82) is 0 Å². The molecule has 2 heterocycles. The van der Waals surface area contributed by atoms with Crippen molar-refractivity contribution < 1.29 is 0 Å². The van der Waals surface area contributed by atoms with Crippen LogP contribution < -0.4 is 5.73 Å². The van der Waals surface area contributed by atoms with Gasteiger partial charge in [0.2, 0.25) is 0 Å². The van der Waals surface area contributed by atoms with Gasteiger partial charge in [-0.15, -0.1) is 11.3 Å². The molecule has 3 nitrogen and oxygen atoms in total. The van der Waals surface area contributed by atoms with Gasteiger partial charge in [0, 0.05) is 16.1 Å². The van der Waals surface area contributed by atoms with Gasteiger partial charge in [0.25, 0.3) is 0 Å². The zero-order chi connectivity index (χ0) is 13.1. The molecule has 98 valence electrons. The van der Waals surface area contributed by atoms with E-state index in [-0.39, 0.29) is 0 Å². The lowest BCUT2D eigenvalue weighted by atomic mass is 10.0. The number of imidazole rings is 1. The van der Waals surface area contributed by atoms with Crippen molar-refractivity contribution in [3.63, 3.8) is 0 Å². The number of aromatic nitrogens is 2. The predicted molar refractivity (Wildman–Crippen MR) is 78.2 cm³/mol. The number of aryl methyl sites for hydroxylation is 1. The van der Waals surface area contributed by atoms with Crippen LogP contribution in [0.15, 0.2) is 17.8 Å². The SMILES string of the molecule is NCC#Cc1ccsc1Cn1cnc2c1CCCC2. The zero-order valence-corrected chi connectivity index (χ0v) is 11.7. The summed E-state index contributed by atoms with van der Waals surface area (Å²) in [5.74, 6) is 6.08. The molecule has 0 aromatic carbocycles. The maximum absolute atomic E-state index is 5.44. The number of nitrogens with zero attached hydrogens (tertiary/aromatic N) is 2. The Kier molecular flexibility index (Phi) is 3.67. The minimum Gasteiger partial charge on any atom is -0.329 e. The van der Waals surface area contributed by atoms with Crippen molar-refractivity contribution in [2.75, 3.05) is 6.54 Å². The first-order valence-electron chi connectivity index (χ1n) is 6.66. The zero-order valence-electron chi connectivity index (χ0n) is 10.9. The van der Waals surface area contributed by atoms with Gasteiger partial charge in [-0.25, -0.2) is 4.98 Å². The van der Waals surface area contributed by atoms with Gasteiger partial charge >= 0.3 is 0 Å². The quantitative estimate of drug-likeness (QED) is 0.851. The molecule has 0 atom stereocenters. The summed E-state index contributed by atoms with van der Waals surface area (Å²) in [6.07, 6.45) is 6.83. The van der Waals surface area contributed by atoms with E-state index in [1.807, 2.05) is 6.33 Å². The van der Waals surface area contributed by atoms with Crippen molar-refractivity contribution in [3.05, 3.63) is 39.6 Å². The molecule has 3 rings (SSSR count). The third-order valence-electron chi connectivity index (χ3n) is 3.49. The van der Waals surface area contributed by atoms with Gasteiger partial charge in [-0.1, -0.05) is 11.8 Å². The summed E-state index contributed by atoms with van der Waals surface area (Å²) in [6, 6.07) is 2.08. The largest absolute Gasteiger partial charge is 0.329 e. The molecule has 2 aromatic rings. The molecule has 2 aromatic heterocycles. The second-order valence-electron chi connectivity index (χ2n) is 4.74. The molecular weight excluding hydrogens is 254 g/mol. The minimum atomic E-state index is 0.412. The highest BCUT2D eigenvalue weighted by Gasteiger charge is 2.16. The number of fused-ring (bicyclic) bond motifs is 1. The fourth-order valence-electron chi connectivity index (χ4n) is 2.54. The van der Waals surface area contributed by atoms with Crippen LogP contribution in [0.2, 0.25) is 0 Å². The molecule has 0 unspecified atom stereocenters. The van der Waals surface area contributed by atoms with Gasteiger partial charge in [0.1, 0.15) is 0 Å². The molecule has 0 aliphatic heterocycles. The molecule has 0 fully saturated rings. The van der Waals surface area contributed by atoms with Gasteiger partial charge in [0.05, 0.1) is 25.1 Å². The molecule has 0 radical (unpaired) electrons. The average Bonchev–Trinajstić information content (AvgIpc) is 3.05. The van der Waals surface area contributed by atoms with Gasteiger partial charge < -0.3 is 10.3 Å². The van der Waals surface area contributed by atoms with Crippen LogP contribution in [0.1, 0.15) is 34.7 Å². The Morgan fingerprint density at radius 2 is 2.26 bits per heavy atom. The molecule has 2 N–H and O–H groups in total. The van der Waals surface area contributed by atoms with Gasteiger partial charge in [-0.05, 0) is 37.1 Å². The fourth-order valence-corrected chi connectivity index (χ4v) is 3.37. The molecule has 0 saturated heterocycles. The van der Waals surface area contributed by atoms with Gasteiger partial charge in [-0.3, -0.25) is 0 Å². The topological polar surface area (TPSA) is 43.8 Å². The summed E-state index contributed by atoms with van der Waals surface area (Å²) in [4.78, 5) is 5.84. The highest BCUT2D eigenvalue weighted by atomic mass is 32.1. The van der Waals surface area contributed by atoms with E-state index in [0.29, 0.717) is 6.54 Å². The van der Waals surface area contributed by atoms with E-state index in [1.165, 1.54) is 29.1 Å². The lowest BCUT2D eigenvalue weighted by molar-refractivity contribution is 0.630. The monoisotopic (exact) mass is 271 g/mol. The van der Waals surface area contributed by atoms with E-state index in [2.05, 4.69) is 32.8 Å². The maximum atomic E-state index is 5.44. The first-order valence-corrected chi connectivity index (χ1v) is 7.54. The Balaban J connectivity index is 1.85. The molecule has 0 bridgehead atoms. The summed E-state index contributed by atoms with van der Waals surface area (Å²) in [5.41, 5.74) is 9.25. The maximum Gasteiger partial charge on any atom is 0.0955 e. The summed E-state index contributed by atoms with van der Waals surface area (Å²) in [7, 11) is 0. The third kappa shape index (κ3) is 2.58. The van der Waals surface area contributed by atoms with Crippen LogP contribution in [0.4, 0.5) is 0 Å². The number of nitrogens with two attached hydrogens (primary N) is 1. The van der Waals surface area contributed by atoms with E-state index in [0.717, 1.165) is 24.9 Å². The molecule has 0 spiro atoms. The lowest BCUT2D eigenvalue weighted by Gasteiger charge is -2.13. The summed E-state index contributed by atoms with van der Waals surface area (Å²) < 4.78 is 2.29. The fraction of sp³-hybridized carbons (Fsp3) is 0.400. The van der Waals surface area contributed by atoms with E-state index < -0.39 is 0 Å². The van der Waals surface area contributed by atoms with Crippen molar-refractivity contribution in [2.45, 2.75) is 32.2 Å². The van der Waals surface area contributed by atoms with Crippen LogP contribution >= 0.6 is 11.3 Å². The van der Waals surface area contributed by atoms with Crippen LogP contribution in [0, 0.1) is 11.8 Å². The Bertz CT molecular complexity index is 627. The number of hydrogen-bond acceptors (Lipinski definition) is 3. The molecule has 19 heavy (non-hydrogen) atoms. The van der Waals surface area contributed by atoms with Crippen LogP contribution in [0.5, 0.6) is 0 Å². The van der Waals surface area contributed by atoms with Crippen molar-refractivity contribution in [1.82, 2.24) is 9.55 Å². The van der Waals surface area contributed by atoms with Crippen LogP contribution in [-0.4, -0.2) is 16.1 Å². The number of hydrogen-bond donors (Lipinski definition) is 1. The molecular formula is C15H17N3S. The van der Waals surface area contributed by atoms with Crippen LogP contribution in [-0.2, 0) is 19.4 Å². The normalized spacial score (nSPS) is 13.7. The van der Waals surface area contributed by atoms with Crippen molar-refractivity contribution >= 4 is 11.3 Å². The number of rotatable bonds is 2. The lowest BCUT2D eigenvalue weighted by Crippen LogP contribution is -2.08. The molecule has 4 heteroatoms. The third-order valence-corrected chi connectivity index (χ3v) is 4.40. The van der Waals surface area contributed by atoms with E-state index in [9.17, 15) is 0 Å². The highest BCUT2D eigenvalue weighted by molar-refractivity contribution is 7.10. The molecule has 0 saturated carbocycles. The Morgan fingerprint density at radius 1 is 1.37 bits per heavy atom. The second-order valence-corrected chi connectivity index (χ2v) is 5.74. The highest BCUT2D eigenvalue weighted by Crippen LogP contribution is 2.23. The second kappa shape index (κ2) is 5.60. The minimum absolute atomic E-state index is 0.412. The predicted octanol–water partition coefficient (Wildman–Crippen LogP) is 2.18. The molecule has 1 aliphatic carbocycles. The van der Waals surface area contributed by atoms with E-state index in [4.69, 9.17) is 5.73 Å². The first kappa shape index (κ1) is 12.5. The standard InChI is InChI=1S/C15H17N3S/c16-8-3-4-12-7-9-19-15(12)10-18-11-17-13-5-1-2-6-14(13)18/h7,9,11H,1-2,5-6,8,10,16H2. The molecule has 0 amide bonds. The average molecular weight is 271 g/mol. The van der Waals surface area contributed by atoms with Gasteiger partial charge in [0.15, 0.2) is 0 Å². The smallest absolute Gasteiger partial charge is 0.0955 e. The van der Waals surface area contributed by atoms with Crippen LogP contribution in [0.25, 0.3) is 0 Å². The van der Waals surface area contributed by atoms with Crippen molar-refractivity contribution in [3.8, 4) is 11.8 Å². The summed E-state index contributed by atoms with van der Waals surface area (Å²) >= 11 is 1.76. The number of thiophene rings is 1. The van der Waals surface area contributed by atoms with E-state index in [1.54, 1.807) is 11.3 Å². The van der Waals surface area contributed by atoms with E-state index >= 15 is 0 Å². The van der Waals surface area contributed by atoms with Crippen LogP contribution in [0.3, 0.4) is 0 Å². The summed E-state index contributed by atoms with van der Waals surface area (Å²) in [6.45, 7) is 1.30. The van der Waals surface area contributed by atoms with Crippen molar-refractivity contribution in [2.24, 2.45) is 5.73 Å². The molecule has 1 aliphatic rings. The Morgan fingerprint density at radius 3 is 3.16 bits per heavy atom.